The van der Waals surface area contributed by atoms with Gasteiger partial charge in [0.25, 0.3) is 5.91 Å². The van der Waals surface area contributed by atoms with E-state index in [2.05, 4.69) is 4.98 Å². The highest BCUT2D eigenvalue weighted by molar-refractivity contribution is 6.10. The van der Waals surface area contributed by atoms with Crippen LogP contribution in [0.15, 0.2) is 79.1 Å². The van der Waals surface area contributed by atoms with Crippen molar-refractivity contribution < 1.29 is 18.0 Å². The molecule has 0 saturated heterocycles. The molecule has 0 unspecified atom stereocenters. The minimum absolute atomic E-state index is 0.122. The molecule has 1 amide bonds. The second-order valence-electron chi connectivity index (χ2n) is 5.27. The number of hydrogen-bond acceptors (Lipinski definition) is 2. The summed E-state index contributed by atoms with van der Waals surface area (Å²) >= 11 is 0. The van der Waals surface area contributed by atoms with Crippen LogP contribution >= 0.6 is 0 Å². The lowest BCUT2D eigenvalue weighted by Crippen LogP contribution is -2.26. The van der Waals surface area contributed by atoms with E-state index in [4.69, 9.17) is 0 Å². The van der Waals surface area contributed by atoms with Gasteiger partial charge in [-0.25, -0.2) is 0 Å². The van der Waals surface area contributed by atoms with E-state index < -0.39 is 17.6 Å². The highest BCUT2D eigenvalue weighted by Crippen LogP contribution is 2.34. The number of halogens is 3. The Bertz CT molecular complexity index is 865. The predicted octanol–water partition coefficient (Wildman–Crippen LogP) is 5.08. The molecule has 6 heteroatoms. The molecule has 126 valence electrons. The van der Waals surface area contributed by atoms with E-state index in [1.807, 2.05) is 0 Å². The molecule has 3 aromatic rings. The summed E-state index contributed by atoms with van der Waals surface area (Å²) in [6.07, 6.45) is -1.53. The van der Waals surface area contributed by atoms with Gasteiger partial charge in [0.1, 0.15) is 0 Å². The molecule has 0 fully saturated rings. The zero-order valence-corrected chi connectivity index (χ0v) is 12.9. The number of alkyl halides is 3. The Morgan fingerprint density at radius 2 is 1.60 bits per heavy atom. The number of rotatable bonds is 3. The van der Waals surface area contributed by atoms with Crippen LogP contribution in [0.25, 0.3) is 0 Å². The zero-order chi connectivity index (χ0) is 17.9. The summed E-state index contributed by atoms with van der Waals surface area (Å²) in [4.78, 5) is 18.1. The number of amides is 1. The van der Waals surface area contributed by atoms with Crippen molar-refractivity contribution in [2.24, 2.45) is 0 Å². The maximum absolute atomic E-state index is 13.0. The quantitative estimate of drug-likeness (QED) is 0.665. The van der Waals surface area contributed by atoms with Crippen LogP contribution in [0.3, 0.4) is 0 Å². The molecule has 25 heavy (non-hydrogen) atoms. The summed E-state index contributed by atoms with van der Waals surface area (Å²) in [5.74, 6) is -0.437. The van der Waals surface area contributed by atoms with Crippen LogP contribution in [-0.2, 0) is 6.18 Å². The fourth-order valence-electron chi connectivity index (χ4n) is 2.40. The molecule has 0 bridgehead atoms. The minimum Gasteiger partial charge on any atom is -0.275 e. The van der Waals surface area contributed by atoms with Crippen LogP contribution in [0.2, 0.25) is 0 Å². The van der Waals surface area contributed by atoms with Gasteiger partial charge in [-0.05, 0) is 42.5 Å². The van der Waals surface area contributed by atoms with Crippen LogP contribution in [0, 0.1) is 0 Å². The van der Waals surface area contributed by atoms with Crippen molar-refractivity contribution in [3.05, 3.63) is 90.3 Å². The first kappa shape index (κ1) is 16.7. The van der Waals surface area contributed by atoms with Crippen molar-refractivity contribution >= 4 is 17.3 Å². The second kappa shape index (κ2) is 6.76. The van der Waals surface area contributed by atoms with Crippen molar-refractivity contribution in [2.45, 2.75) is 6.18 Å². The Morgan fingerprint density at radius 1 is 0.880 bits per heavy atom. The minimum atomic E-state index is -4.49. The van der Waals surface area contributed by atoms with Gasteiger partial charge in [-0.3, -0.25) is 14.7 Å². The van der Waals surface area contributed by atoms with Crippen molar-refractivity contribution in [2.75, 3.05) is 4.90 Å². The normalized spacial score (nSPS) is 11.2. The third kappa shape index (κ3) is 3.68. The molecule has 1 aromatic heterocycles. The topological polar surface area (TPSA) is 33.2 Å². The number of nitrogens with zero attached hydrogens (tertiary/aromatic N) is 2. The molecule has 3 rings (SSSR count). The summed E-state index contributed by atoms with van der Waals surface area (Å²) < 4.78 is 39.1. The number of benzene rings is 2. The van der Waals surface area contributed by atoms with Crippen LogP contribution in [0.4, 0.5) is 24.5 Å². The average molecular weight is 342 g/mol. The Labute approximate surface area is 142 Å². The summed E-state index contributed by atoms with van der Waals surface area (Å²) in [5.41, 5.74) is 0.0517. The van der Waals surface area contributed by atoms with Gasteiger partial charge in [-0.15, -0.1) is 0 Å². The van der Waals surface area contributed by atoms with Crippen molar-refractivity contribution in [3.63, 3.8) is 0 Å². The monoisotopic (exact) mass is 342 g/mol. The van der Waals surface area contributed by atoms with E-state index in [1.165, 1.54) is 29.4 Å². The number of carbonyl (C=O) groups is 1. The lowest BCUT2D eigenvalue weighted by atomic mass is 10.1. The van der Waals surface area contributed by atoms with Gasteiger partial charge in [0.2, 0.25) is 0 Å². The molecule has 2 aromatic carbocycles. The zero-order valence-electron chi connectivity index (χ0n) is 12.9. The van der Waals surface area contributed by atoms with Crippen LogP contribution in [0.5, 0.6) is 0 Å². The third-order valence-electron chi connectivity index (χ3n) is 3.56. The van der Waals surface area contributed by atoms with E-state index in [0.29, 0.717) is 11.3 Å². The SMILES string of the molecule is O=C(c1ccccc1)N(c1cccnc1)c1cccc(C(F)(F)F)c1. The van der Waals surface area contributed by atoms with Crippen LogP contribution in [0.1, 0.15) is 15.9 Å². The van der Waals surface area contributed by atoms with Gasteiger partial charge >= 0.3 is 6.18 Å². The van der Waals surface area contributed by atoms with E-state index in [0.717, 1.165) is 12.1 Å². The second-order valence-corrected chi connectivity index (χ2v) is 5.27. The number of carbonyl (C=O) groups excluding carboxylic acids is 1. The highest BCUT2D eigenvalue weighted by atomic mass is 19.4. The lowest BCUT2D eigenvalue weighted by molar-refractivity contribution is -0.137. The summed E-state index contributed by atoms with van der Waals surface area (Å²) in [7, 11) is 0. The smallest absolute Gasteiger partial charge is 0.275 e. The summed E-state index contributed by atoms with van der Waals surface area (Å²) in [5, 5.41) is 0. The predicted molar refractivity (Wildman–Crippen MR) is 88.6 cm³/mol. The summed E-state index contributed by atoms with van der Waals surface area (Å²) in [6, 6.07) is 16.3. The van der Waals surface area contributed by atoms with Gasteiger partial charge in [0.15, 0.2) is 0 Å². The van der Waals surface area contributed by atoms with Gasteiger partial charge in [-0.2, -0.15) is 13.2 Å². The first-order chi connectivity index (χ1) is 12.0. The Kier molecular flexibility index (Phi) is 4.52. The fraction of sp³-hybridized carbons (Fsp3) is 0.0526. The van der Waals surface area contributed by atoms with E-state index in [-0.39, 0.29) is 5.69 Å². The standard InChI is InChI=1S/C19H13F3N2O/c20-19(21,22)15-8-4-9-16(12-15)24(17-10-5-11-23-13-17)18(25)14-6-2-1-3-7-14/h1-13H. The maximum atomic E-state index is 13.0. The van der Waals surface area contributed by atoms with Gasteiger partial charge < -0.3 is 0 Å². The Morgan fingerprint density at radius 3 is 2.24 bits per heavy atom. The number of pyridine rings is 1. The van der Waals surface area contributed by atoms with Gasteiger partial charge in [0.05, 0.1) is 17.4 Å². The molecular formula is C19H13F3N2O. The lowest BCUT2D eigenvalue weighted by Gasteiger charge is -2.23. The van der Waals surface area contributed by atoms with Gasteiger partial charge in [-0.1, -0.05) is 24.3 Å². The first-order valence-corrected chi connectivity index (χ1v) is 7.43. The van der Waals surface area contributed by atoms with Crippen molar-refractivity contribution in [3.8, 4) is 0 Å². The van der Waals surface area contributed by atoms with E-state index >= 15 is 0 Å². The Hall–Kier alpha value is -3.15. The number of aromatic nitrogens is 1. The molecule has 0 aliphatic carbocycles. The number of anilines is 2. The third-order valence-corrected chi connectivity index (χ3v) is 3.56. The average Bonchev–Trinajstić information content (AvgIpc) is 2.63. The van der Waals surface area contributed by atoms with E-state index in [9.17, 15) is 18.0 Å². The molecule has 0 radical (unpaired) electrons. The maximum Gasteiger partial charge on any atom is 0.416 e. The van der Waals surface area contributed by atoms with E-state index in [1.54, 1.807) is 42.5 Å². The molecule has 0 N–H and O–H groups in total. The summed E-state index contributed by atoms with van der Waals surface area (Å²) in [6.45, 7) is 0. The molecule has 0 aliphatic rings. The molecule has 0 spiro atoms. The molecule has 1 heterocycles. The first-order valence-electron chi connectivity index (χ1n) is 7.43. The van der Waals surface area contributed by atoms with Crippen molar-refractivity contribution in [1.82, 2.24) is 4.98 Å². The molecule has 0 atom stereocenters. The molecule has 0 saturated carbocycles. The molecule has 0 aliphatic heterocycles. The number of hydrogen-bond donors (Lipinski definition) is 0. The highest BCUT2D eigenvalue weighted by Gasteiger charge is 2.31. The fourth-order valence-corrected chi connectivity index (χ4v) is 2.40. The largest absolute Gasteiger partial charge is 0.416 e. The van der Waals surface area contributed by atoms with Crippen molar-refractivity contribution in [1.29, 1.82) is 0 Å². The molecular weight excluding hydrogens is 329 g/mol. The van der Waals surface area contributed by atoms with Crippen LogP contribution < -0.4 is 4.90 Å². The molecule has 3 nitrogen and oxygen atoms in total. The van der Waals surface area contributed by atoms with Crippen LogP contribution in [-0.4, -0.2) is 10.9 Å². The van der Waals surface area contributed by atoms with Gasteiger partial charge in [0, 0.05) is 17.4 Å². The Balaban J connectivity index is 2.11.